The van der Waals surface area contributed by atoms with E-state index in [1.54, 1.807) is 12.1 Å². The summed E-state index contributed by atoms with van der Waals surface area (Å²) in [7, 11) is 0. The van der Waals surface area contributed by atoms with Crippen LogP contribution in [-0.2, 0) is 0 Å². The van der Waals surface area contributed by atoms with Crippen LogP contribution in [0.1, 0.15) is 24.7 Å². The molecule has 0 radical (unpaired) electrons. The predicted octanol–water partition coefficient (Wildman–Crippen LogP) is 2.34. The van der Waals surface area contributed by atoms with E-state index in [1.807, 2.05) is 0 Å². The Kier molecular flexibility index (Phi) is 3.06. The fourth-order valence-corrected chi connectivity index (χ4v) is 2.17. The van der Waals surface area contributed by atoms with Gasteiger partial charge in [-0.3, -0.25) is 0 Å². The number of nitrogens with zero attached hydrogens (tertiary/aromatic N) is 2. The average Bonchev–Trinajstić information content (AvgIpc) is 2.90. The van der Waals surface area contributed by atoms with Crippen LogP contribution in [0.2, 0.25) is 0 Å². The largest absolute Gasteiger partial charge is 0.420 e. The van der Waals surface area contributed by atoms with Crippen molar-refractivity contribution in [2.24, 2.45) is 0 Å². The van der Waals surface area contributed by atoms with Crippen molar-refractivity contribution in [3.05, 3.63) is 36.0 Å². The fraction of sp³-hybridized carbons (Fsp3) is 0.385. The van der Waals surface area contributed by atoms with Gasteiger partial charge in [-0.25, -0.2) is 4.39 Å². The number of nitrogens with one attached hydrogen (secondary N) is 1. The molecule has 94 valence electrons. The highest BCUT2D eigenvalue weighted by atomic mass is 19.1. The summed E-state index contributed by atoms with van der Waals surface area (Å²) < 4.78 is 18.5. The summed E-state index contributed by atoms with van der Waals surface area (Å²) in [5.74, 6) is 1.15. The maximum Gasteiger partial charge on any atom is 0.247 e. The SMILES string of the molecule is Fc1ccc(-c2nnc([C@@H]3CCCNC3)o2)cc1. The lowest BCUT2D eigenvalue weighted by Gasteiger charge is -2.18. The zero-order valence-corrected chi connectivity index (χ0v) is 9.90. The molecule has 1 saturated heterocycles. The summed E-state index contributed by atoms with van der Waals surface area (Å²) in [5, 5.41) is 11.4. The van der Waals surface area contributed by atoms with Crippen molar-refractivity contribution in [2.45, 2.75) is 18.8 Å². The minimum Gasteiger partial charge on any atom is -0.420 e. The molecule has 0 aliphatic carbocycles. The van der Waals surface area contributed by atoms with Gasteiger partial charge in [-0.05, 0) is 43.7 Å². The summed E-state index contributed by atoms with van der Waals surface area (Å²) in [5.41, 5.74) is 0.749. The van der Waals surface area contributed by atoms with Crippen molar-refractivity contribution in [3.63, 3.8) is 0 Å². The molecule has 5 heteroatoms. The van der Waals surface area contributed by atoms with Crippen LogP contribution < -0.4 is 5.32 Å². The smallest absolute Gasteiger partial charge is 0.247 e. The molecule has 1 fully saturated rings. The van der Waals surface area contributed by atoms with E-state index in [1.165, 1.54) is 12.1 Å². The molecule has 3 rings (SSSR count). The number of hydrogen-bond acceptors (Lipinski definition) is 4. The standard InChI is InChI=1S/C13H14FN3O/c14-11-5-3-9(4-6-11)12-16-17-13(18-12)10-2-1-7-15-8-10/h3-6,10,15H,1-2,7-8H2/t10-/m1/s1. The Morgan fingerprint density at radius 1 is 1.22 bits per heavy atom. The molecule has 0 spiro atoms. The molecule has 2 aromatic rings. The maximum absolute atomic E-state index is 12.8. The number of benzene rings is 1. The van der Waals surface area contributed by atoms with E-state index in [0.29, 0.717) is 17.7 Å². The lowest BCUT2D eigenvalue weighted by atomic mass is 10.00. The molecule has 1 atom stereocenters. The van der Waals surface area contributed by atoms with Crippen LogP contribution in [0.4, 0.5) is 4.39 Å². The van der Waals surface area contributed by atoms with Crippen molar-refractivity contribution in [2.75, 3.05) is 13.1 Å². The van der Waals surface area contributed by atoms with E-state index in [2.05, 4.69) is 15.5 Å². The first kappa shape index (κ1) is 11.3. The van der Waals surface area contributed by atoms with Gasteiger partial charge >= 0.3 is 0 Å². The zero-order valence-electron chi connectivity index (χ0n) is 9.90. The molecule has 18 heavy (non-hydrogen) atoms. The monoisotopic (exact) mass is 247 g/mol. The van der Waals surface area contributed by atoms with Gasteiger partial charge in [-0.15, -0.1) is 10.2 Å². The third-order valence-electron chi connectivity index (χ3n) is 3.18. The Bertz CT molecular complexity index is 517. The van der Waals surface area contributed by atoms with Gasteiger partial charge in [0.05, 0.1) is 0 Å². The highest BCUT2D eigenvalue weighted by Gasteiger charge is 2.21. The van der Waals surface area contributed by atoms with Crippen LogP contribution in [0, 0.1) is 5.82 Å². The van der Waals surface area contributed by atoms with Crippen LogP contribution in [0.25, 0.3) is 11.5 Å². The van der Waals surface area contributed by atoms with Gasteiger partial charge in [-0.2, -0.15) is 0 Å². The molecule has 1 aliphatic heterocycles. The van der Waals surface area contributed by atoms with Crippen molar-refractivity contribution < 1.29 is 8.81 Å². The Balaban J connectivity index is 1.82. The van der Waals surface area contributed by atoms with Crippen LogP contribution in [0.15, 0.2) is 28.7 Å². The molecule has 4 nitrogen and oxygen atoms in total. The number of aromatic nitrogens is 2. The van der Waals surface area contributed by atoms with Gasteiger partial charge in [0.15, 0.2) is 0 Å². The van der Waals surface area contributed by atoms with Gasteiger partial charge in [0.25, 0.3) is 0 Å². The first-order valence-electron chi connectivity index (χ1n) is 6.13. The number of hydrogen-bond donors (Lipinski definition) is 1. The summed E-state index contributed by atoms with van der Waals surface area (Å²) in [4.78, 5) is 0. The lowest BCUT2D eigenvalue weighted by molar-refractivity contribution is 0.380. The molecule has 1 aromatic heterocycles. The maximum atomic E-state index is 12.8. The normalized spacial score (nSPS) is 19.9. The molecule has 1 aliphatic rings. The number of rotatable bonds is 2. The van der Waals surface area contributed by atoms with E-state index < -0.39 is 0 Å². The molecular weight excluding hydrogens is 233 g/mol. The van der Waals surface area contributed by atoms with E-state index in [4.69, 9.17) is 4.42 Å². The summed E-state index contributed by atoms with van der Waals surface area (Å²) >= 11 is 0. The highest BCUT2D eigenvalue weighted by Crippen LogP contribution is 2.25. The second-order valence-electron chi connectivity index (χ2n) is 4.50. The van der Waals surface area contributed by atoms with E-state index in [-0.39, 0.29) is 5.82 Å². The molecule has 0 saturated carbocycles. The summed E-state index contributed by atoms with van der Waals surface area (Å²) in [6.45, 7) is 1.93. The van der Waals surface area contributed by atoms with E-state index in [9.17, 15) is 4.39 Å². The third kappa shape index (κ3) is 2.26. The van der Waals surface area contributed by atoms with Crippen molar-refractivity contribution >= 4 is 0 Å². The fourth-order valence-electron chi connectivity index (χ4n) is 2.17. The van der Waals surface area contributed by atoms with Gasteiger partial charge < -0.3 is 9.73 Å². The van der Waals surface area contributed by atoms with Crippen LogP contribution in [0.5, 0.6) is 0 Å². The molecule has 0 bridgehead atoms. The predicted molar refractivity (Wildman–Crippen MR) is 64.5 cm³/mol. The average molecular weight is 247 g/mol. The molecular formula is C13H14FN3O. The Morgan fingerprint density at radius 2 is 2.06 bits per heavy atom. The first-order chi connectivity index (χ1) is 8.83. The molecule has 0 unspecified atom stereocenters. The summed E-state index contributed by atoms with van der Waals surface area (Å²) in [6.07, 6.45) is 2.19. The van der Waals surface area contributed by atoms with Crippen LogP contribution >= 0.6 is 0 Å². The van der Waals surface area contributed by atoms with Crippen molar-refractivity contribution in [1.29, 1.82) is 0 Å². The zero-order chi connectivity index (χ0) is 12.4. The second-order valence-corrected chi connectivity index (χ2v) is 4.50. The number of piperidine rings is 1. The van der Waals surface area contributed by atoms with Crippen LogP contribution in [0.3, 0.4) is 0 Å². The lowest BCUT2D eigenvalue weighted by Crippen LogP contribution is -2.28. The van der Waals surface area contributed by atoms with E-state index in [0.717, 1.165) is 31.5 Å². The van der Waals surface area contributed by atoms with Crippen molar-refractivity contribution in [3.8, 4) is 11.5 Å². The van der Waals surface area contributed by atoms with E-state index >= 15 is 0 Å². The Labute approximate surface area is 104 Å². The van der Waals surface area contributed by atoms with Crippen LogP contribution in [-0.4, -0.2) is 23.3 Å². The quantitative estimate of drug-likeness (QED) is 0.885. The number of halogens is 1. The topological polar surface area (TPSA) is 51.0 Å². The van der Waals surface area contributed by atoms with Crippen molar-refractivity contribution in [1.82, 2.24) is 15.5 Å². The molecule has 2 heterocycles. The third-order valence-corrected chi connectivity index (χ3v) is 3.18. The second kappa shape index (κ2) is 4.86. The Hall–Kier alpha value is -1.75. The molecule has 1 aromatic carbocycles. The van der Waals surface area contributed by atoms with Gasteiger partial charge in [-0.1, -0.05) is 0 Å². The minimum absolute atomic E-state index is 0.269. The molecule has 0 amide bonds. The summed E-state index contributed by atoms with van der Waals surface area (Å²) in [6, 6.07) is 6.07. The minimum atomic E-state index is -0.269. The molecule has 1 N–H and O–H groups in total. The van der Waals surface area contributed by atoms with Gasteiger partial charge in [0.2, 0.25) is 11.8 Å². The van der Waals surface area contributed by atoms with Gasteiger partial charge in [0, 0.05) is 18.0 Å². The first-order valence-corrected chi connectivity index (χ1v) is 6.13. The Morgan fingerprint density at radius 3 is 2.78 bits per heavy atom. The highest BCUT2D eigenvalue weighted by molar-refractivity contribution is 5.52. The van der Waals surface area contributed by atoms with Gasteiger partial charge in [0.1, 0.15) is 5.82 Å².